The van der Waals surface area contributed by atoms with Gasteiger partial charge in [0.25, 0.3) is 0 Å². The lowest BCUT2D eigenvalue weighted by Gasteiger charge is -2.13. The van der Waals surface area contributed by atoms with Gasteiger partial charge in [-0.1, -0.05) is 12.1 Å². The molecule has 0 bridgehead atoms. The Morgan fingerprint density at radius 1 is 1.27 bits per heavy atom. The maximum Gasteiger partial charge on any atom is 0.416 e. The van der Waals surface area contributed by atoms with Gasteiger partial charge >= 0.3 is 6.18 Å². The number of aliphatic hydroxyl groups excluding tert-OH is 1. The van der Waals surface area contributed by atoms with E-state index in [1.807, 2.05) is 6.07 Å². The fraction of sp³-hybridized carbons (Fsp3) is 0.227. The molecule has 1 aliphatic rings. The van der Waals surface area contributed by atoms with Gasteiger partial charge in [0.1, 0.15) is 5.75 Å². The van der Waals surface area contributed by atoms with Gasteiger partial charge in [-0.05, 0) is 42.7 Å². The van der Waals surface area contributed by atoms with Crippen LogP contribution in [0, 0.1) is 0 Å². The first-order chi connectivity index (χ1) is 14.4. The summed E-state index contributed by atoms with van der Waals surface area (Å²) in [6, 6.07) is 8.65. The third-order valence-electron chi connectivity index (χ3n) is 5.02. The number of nitrogens with one attached hydrogen (secondary N) is 2. The van der Waals surface area contributed by atoms with Crippen LogP contribution in [0.5, 0.6) is 5.75 Å². The van der Waals surface area contributed by atoms with Crippen molar-refractivity contribution < 1.29 is 27.8 Å². The smallest absolute Gasteiger partial charge is 0.416 e. The summed E-state index contributed by atoms with van der Waals surface area (Å²) in [5, 5.41) is 13.1. The number of aromatic nitrogens is 1. The van der Waals surface area contributed by atoms with E-state index in [1.54, 1.807) is 18.3 Å². The first-order valence-electron chi connectivity index (χ1n) is 9.42. The molecule has 0 fully saturated rings. The van der Waals surface area contributed by atoms with Crippen LogP contribution in [0.1, 0.15) is 29.5 Å². The highest BCUT2D eigenvalue weighted by molar-refractivity contribution is 6.09. The number of aliphatic hydroxyl groups is 1. The van der Waals surface area contributed by atoms with E-state index in [4.69, 9.17) is 4.74 Å². The minimum Gasteiger partial charge on any atom is -0.493 e. The molecule has 2 aromatic carbocycles. The number of fused-ring (bicyclic) bond motifs is 2. The minimum absolute atomic E-state index is 0.122. The molecule has 3 N–H and O–H groups in total. The van der Waals surface area contributed by atoms with E-state index >= 15 is 0 Å². The van der Waals surface area contributed by atoms with E-state index in [1.165, 1.54) is 12.1 Å². The fourth-order valence-corrected chi connectivity index (χ4v) is 3.62. The lowest BCUT2D eigenvalue weighted by molar-refractivity contribution is -0.137. The van der Waals surface area contributed by atoms with Crippen LogP contribution in [0.15, 0.2) is 48.7 Å². The van der Waals surface area contributed by atoms with Gasteiger partial charge in [0.15, 0.2) is 0 Å². The second-order valence-electron chi connectivity index (χ2n) is 7.02. The quantitative estimate of drug-likeness (QED) is 0.533. The molecule has 1 aromatic heterocycles. The van der Waals surface area contributed by atoms with E-state index < -0.39 is 17.6 Å². The van der Waals surface area contributed by atoms with Crippen molar-refractivity contribution in [2.24, 2.45) is 0 Å². The summed E-state index contributed by atoms with van der Waals surface area (Å²) in [4.78, 5) is 15.8. The zero-order valence-corrected chi connectivity index (χ0v) is 15.8. The molecular formula is C22H19F3N2O3. The van der Waals surface area contributed by atoms with Gasteiger partial charge in [-0.2, -0.15) is 13.2 Å². The van der Waals surface area contributed by atoms with E-state index in [2.05, 4.69) is 10.3 Å². The van der Waals surface area contributed by atoms with Crippen molar-refractivity contribution in [1.82, 2.24) is 4.98 Å². The van der Waals surface area contributed by atoms with Crippen LogP contribution in [0.4, 0.5) is 18.9 Å². The Bertz CT molecular complexity index is 1130. The molecule has 0 spiro atoms. The number of anilines is 1. The van der Waals surface area contributed by atoms with E-state index in [0.717, 1.165) is 17.6 Å². The number of amides is 1. The third-order valence-corrected chi connectivity index (χ3v) is 5.02. The van der Waals surface area contributed by atoms with Crippen molar-refractivity contribution in [1.29, 1.82) is 0 Å². The predicted octanol–water partition coefficient (Wildman–Crippen LogP) is 4.87. The maximum atomic E-state index is 13.0. The lowest BCUT2D eigenvalue weighted by Crippen LogP contribution is -2.10. The highest BCUT2D eigenvalue weighted by Gasteiger charge is 2.32. The number of H-pyrrole nitrogens is 1. The third kappa shape index (κ3) is 3.91. The molecule has 0 unspecified atom stereocenters. The number of benzene rings is 2. The van der Waals surface area contributed by atoms with Gasteiger partial charge in [0, 0.05) is 34.3 Å². The summed E-state index contributed by atoms with van der Waals surface area (Å²) in [6.45, 7) is 0.0933. The molecule has 8 heteroatoms. The van der Waals surface area contributed by atoms with Gasteiger partial charge < -0.3 is 20.1 Å². The van der Waals surface area contributed by atoms with Crippen molar-refractivity contribution in [3.63, 3.8) is 0 Å². The van der Waals surface area contributed by atoms with Crippen molar-refractivity contribution >= 4 is 28.1 Å². The summed E-state index contributed by atoms with van der Waals surface area (Å²) in [7, 11) is 0. The Morgan fingerprint density at radius 3 is 2.87 bits per heavy atom. The first kappa shape index (κ1) is 20.0. The molecule has 2 heterocycles. The Labute approximate surface area is 170 Å². The largest absolute Gasteiger partial charge is 0.493 e. The van der Waals surface area contributed by atoms with Crippen molar-refractivity contribution in [3.8, 4) is 5.75 Å². The minimum atomic E-state index is -4.47. The molecule has 0 radical (unpaired) electrons. The monoisotopic (exact) mass is 416 g/mol. The Kier molecular flexibility index (Phi) is 5.26. The number of ether oxygens (including phenoxy) is 1. The van der Waals surface area contributed by atoms with Crippen LogP contribution in [0.25, 0.3) is 16.5 Å². The average Bonchev–Trinajstić information content (AvgIpc) is 3.03. The predicted molar refractivity (Wildman–Crippen MR) is 107 cm³/mol. The standard InChI is InChI=1S/C22H19F3N2O3/c23-22(24,25)15-6-7-16-13(3-2-8-30-19(16)10-15)9-20(29)27-18-5-1-4-17-21(18)14(12-28)11-26-17/h1,4-7,9-11,26,28H,2-3,8,12H2,(H,27,29)/b13-9+. The molecule has 0 saturated heterocycles. The summed E-state index contributed by atoms with van der Waals surface area (Å²) in [6.07, 6.45) is -0.314. The normalized spacial score (nSPS) is 15.5. The van der Waals surface area contributed by atoms with Crippen LogP contribution >= 0.6 is 0 Å². The number of aromatic amines is 1. The molecule has 3 aromatic rings. The van der Waals surface area contributed by atoms with Crippen LogP contribution in [0.3, 0.4) is 0 Å². The average molecular weight is 416 g/mol. The summed E-state index contributed by atoms with van der Waals surface area (Å²) < 4.78 is 44.5. The van der Waals surface area contributed by atoms with Crippen molar-refractivity contribution in [2.75, 3.05) is 11.9 Å². The Morgan fingerprint density at radius 2 is 2.10 bits per heavy atom. The summed E-state index contributed by atoms with van der Waals surface area (Å²) in [5.74, 6) is -0.285. The van der Waals surface area contributed by atoms with Gasteiger partial charge in [-0.15, -0.1) is 0 Å². The van der Waals surface area contributed by atoms with Gasteiger partial charge in [-0.25, -0.2) is 0 Å². The number of halogens is 3. The molecule has 0 atom stereocenters. The first-order valence-corrected chi connectivity index (χ1v) is 9.42. The summed E-state index contributed by atoms with van der Waals surface area (Å²) in [5.41, 5.74) is 2.27. The van der Waals surface area contributed by atoms with Gasteiger partial charge in [0.2, 0.25) is 5.91 Å². The zero-order valence-electron chi connectivity index (χ0n) is 15.8. The van der Waals surface area contributed by atoms with Crippen LogP contribution in [-0.2, 0) is 17.6 Å². The highest BCUT2D eigenvalue weighted by Crippen LogP contribution is 2.38. The molecule has 4 rings (SSSR count). The van der Waals surface area contributed by atoms with Crippen LogP contribution in [-0.4, -0.2) is 22.6 Å². The van der Waals surface area contributed by atoms with E-state index in [-0.39, 0.29) is 19.0 Å². The molecule has 1 amide bonds. The van der Waals surface area contributed by atoms with E-state index in [9.17, 15) is 23.1 Å². The van der Waals surface area contributed by atoms with Crippen molar-refractivity contribution in [2.45, 2.75) is 25.6 Å². The zero-order chi connectivity index (χ0) is 21.3. The SMILES string of the molecule is O=C(/C=C1\CCCOc2cc(C(F)(F)F)ccc21)Nc1cccc2[nH]cc(CO)c12. The molecule has 5 nitrogen and oxygen atoms in total. The topological polar surface area (TPSA) is 74.3 Å². The number of alkyl halides is 3. The fourth-order valence-electron chi connectivity index (χ4n) is 3.62. The van der Waals surface area contributed by atoms with Crippen LogP contribution in [0.2, 0.25) is 0 Å². The number of rotatable bonds is 3. The van der Waals surface area contributed by atoms with Gasteiger partial charge in [0.05, 0.1) is 24.5 Å². The number of allylic oxidation sites excluding steroid dienone is 1. The summed E-state index contributed by atoms with van der Waals surface area (Å²) >= 11 is 0. The Hall–Kier alpha value is -3.26. The lowest BCUT2D eigenvalue weighted by atomic mass is 9.99. The van der Waals surface area contributed by atoms with E-state index in [0.29, 0.717) is 40.6 Å². The van der Waals surface area contributed by atoms with Crippen molar-refractivity contribution in [3.05, 3.63) is 65.4 Å². The number of hydrogen-bond acceptors (Lipinski definition) is 3. The number of carbonyl (C=O) groups excluding carboxylic acids is 1. The maximum absolute atomic E-state index is 13.0. The molecule has 0 saturated carbocycles. The highest BCUT2D eigenvalue weighted by atomic mass is 19.4. The molecule has 0 aliphatic carbocycles. The molecular weight excluding hydrogens is 397 g/mol. The second-order valence-corrected chi connectivity index (χ2v) is 7.02. The molecule has 156 valence electrons. The second kappa shape index (κ2) is 7.87. The molecule has 1 aliphatic heterocycles. The number of hydrogen-bond donors (Lipinski definition) is 3. The van der Waals surface area contributed by atoms with Gasteiger partial charge in [-0.3, -0.25) is 4.79 Å². The van der Waals surface area contributed by atoms with Crippen LogP contribution < -0.4 is 10.1 Å². The molecule has 30 heavy (non-hydrogen) atoms. The Balaban J connectivity index is 1.66. The number of carbonyl (C=O) groups is 1.